The summed E-state index contributed by atoms with van der Waals surface area (Å²) in [6, 6.07) is 10.4. The van der Waals surface area contributed by atoms with Crippen molar-refractivity contribution < 1.29 is 23.3 Å². The fraction of sp³-hybridized carbons (Fsp3) is 0.308. The van der Waals surface area contributed by atoms with Crippen molar-refractivity contribution in [1.82, 2.24) is 14.6 Å². The molecule has 0 aliphatic heterocycles. The number of nitrogens with one attached hydrogen (secondary N) is 2. The van der Waals surface area contributed by atoms with Crippen LogP contribution in [-0.4, -0.2) is 42.0 Å². The van der Waals surface area contributed by atoms with E-state index in [1.807, 2.05) is 0 Å². The summed E-state index contributed by atoms with van der Waals surface area (Å²) in [5.41, 5.74) is 2.81. The van der Waals surface area contributed by atoms with Gasteiger partial charge in [-0.15, -0.1) is 0 Å². The second-order valence-corrected chi connectivity index (χ2v) is 8.49. The first kappa shape index (κ1) is 23.4. The molecule has 2 N–H and O–H groups in total. The fourth-order valence-electron chi connectivity index (χ4n) is 4.55. The summed E-state index contributed by atoms with van der Waals surface area (Å²) in [7, 11) is 4.62. The van der Waals surface area contributed by atoms with Crippen LogP contribution in [0.4, 0.5) is 15.9 Å². The number of H-pyrrole nitrogens is 1. The molecule has 0 unspecified atom stereocenters. The summed E-state index contributed by atoms with van der Waals surface area (Å²) in [6.07, 6.45) is 5.52. The van der Waals surface area contributed by atoms with Gasteiger partial charge in [0.25, 0.3) is 0 Å². The molecule has 10 heteroatoms. The van der Waals surface area contributed by atoms with Crippen LogP contribution in [0.25, 0.3) is 16.9 Å². The summed E-state index contributed by atoms with van der Waals surface area (Å²) in [6.45, 7) is 0. The number of imidazole rings is 1. The second kappa shape index (κ2) is 9.70. The first-order valence-corrected chi connectivity index (χ1v) is 11.6. The van der Waals surface area contributed by atoms with Crippen molar-refractivity contribution in [2.45, 2.75) is 31.8 Å². The third-order valence-electron chi connectivity index (χ3n) is 6.32. The summed E-state index contributed by atoms with van der Waals surface area (Å²) >= 11 is 0. The Morgan fingerprint density at radius 1 is 1.06 bits per heavy atom. The Morgan fingerprint density at radius 3 is 2.42 bits per heavy atom. The van der Waals surface area contributed by atoms with E-state index in [0.29, 0.717) is 51.2 Å². The topological polar surface area (TPSA) is 106 Å². The van der Waals surface area contributed by atoms with Crippen LogP contribution in [0.1, 0.15) is 31.2 Å². The largest absolute Gasteiger partial charge is 0.493 e. The fourth-order valence-corrected chi connectivity index (χ4v) is 4.55. The quantitative estimate of drug-likeness (QED) is 0.338. The van der Waals surface area contributed by atoms with E-state index in [0.717, 1.165) is 25.7 Å². The number of hydrogen-bond donors (Lipinski definition) is 2. The van der Waals surface area contributed by atoms with Crippen molar-refractivity contribution in [3.63, 3.8) is 0 Å². The van der Waals surface area contributed by atoms with Crippen LogP contribution >= 0.6 is 0 Å². The van der Waals surface area contributed by atoms with E-state index in [1.165, 1.54) is 19.4 Å². The zero-order valence-electron chi connectivity index (χ0n) is 20.2. The molecule has 0 bridgehead atoms. The van der Waals surface area contributed by atoms with Gasteiger partial charge in [0.2, 0.25) is 5.75 Å². The van der Waals surface area contributed by atoms with E-state index in [9.17, 15) is 9.65 Å². The standard InChI is InChI=1S/C26H26FN5O4/c1-33-21-10-15(11-22(34-2)24(21)35-3)23-26(32-25(31-23)16(13-28)14-29-32)30-17-8-9-19(27)20(12-17)36-18-6-4-5-7-18/h8-12,14,18,30-31H,4-7H2,1-3H3. The first-order valence-electron chi connectivity index (χ1n) is 11.6. The SMILES string of the molecule is COc1cc(-c2[nH]c3c(C#N)cnn3c2Nc2ccc(F)c(OC3CCCC3)c2)cc(OC)c1OC. The molecule has 0 amide bonds. The third kappa shape index (κ3) is 4.13. The number of ether oxygens (including phenoxy) is 4. The van der Waals surface area contributed by atoms with Crippen LogP contribution in [0.2, 0.25) is 0 Å². The molecule has 1 saturated carbocycles. The van der Waals surface area contributed by atoms with Gasteiger partial charge in [0, 0.05) is 17.3 Å². The molecule has 9 nitrogen and oxygen atoms in total. The van der Waals surface area contributed by atoms with Gasteiger partial charge in [-0.2, -0.15) is 14.9 Å². The Bertz CT molecular complexity index is 1420. The Balaban J connectivity index is 1.61. The van der Waals surface area contributed by atoms with Crippen molar-refractivity contribution in [1.29, 1.82) is 5.26 Å². The van der Waals surface area contributed by atoms with Crippen LogP contribution in [0.5, 0.6) is 23.0 Å². The van der Waals surface area contributed by atoms with Gasteiger partial charge < -0.3 is 29.2 Å². The summed E-state index contributed by atoms with van der Waals surface area (Å²) in [4.78, 5) is 3.28. The number of nitrogens with zero attached hydrogens (tertiary/aromatic N) is 3. The van der Waals surface area contributed by atoms with E-state index in [-0.39, 0.29) is 11.9 Å². The Hall–Kier alpha value is -4.39. The number of aromatic nitrogens is 3. The number of halogens is 1. The van der Waals surface area contributed by atoms with Crippen LogP contribution in [-0.2, 0) is 0 Å². The molecule has 36 heavy (non-hydrogen) atoms. The molecule has 2 aromatic heterocycles. The van der Waals surface area contributed by atoms with E-state index in [2.05, 4.69) is 21.5 Å². The zero-order valence-corrected chi connectivity index (χ0v) is 20.2. The maximum absolute atomic E-state index is 14.5. The predicted octanol–water partition coefficient (Wildman–Crippen LogP) is 5.43. The minimum Gasteiger partial charge on any atom is -0.493 e. The molecule has 0 radical (unpaired) electrons. The highest BCUT2D eigenvalue weighted by Crippen LogP contribution is 2.43. The number of rotatable bonds is 8. The monoisotopic (exact) mass is 491 g/mol. The number of hydrogen-bond acceptors (Lipinski definition) is 7. The van der Waals surface area contributed by atoms with Crippen molar-refractivity contribution in [2.24, 2.45) is 0 Å². The molecule has 1 aliphatic carbocycles. The molecule has 5 rings (SSSR count). The normalized spacial score (nSPS) is 13.5. The van der Waals surface area contributed by atoms with Crippen LogP contribution in [0.15, 0.2) is 36.5 Å². The Kier molecular flexibility index (Phi) is 6.29. The zero-order chi connectivity index (χ0) is 25.2. The molecular weight excluding hydrogens is 465 g/mol. The molecule has 186 valence electrons. The maximum Gasteiger partial charge on any atom is 0.203 e. The first-order chi connectivity index (χ1) is 17.6. The molecule has 2 heterocycles. The summed E-state index contributed by atoms with van der Waals surface area (Å²) in [5, 5.41) is 17.3. The average molecular weight is 492 g/mol. The highest BCUT2D eigenvalue weighted by atomic mass is 19.1. The lowest BCUT2D eigenvalue weighted by atomic mass is 10.1. The maximum atomic E-state index is 14.5. The van der Waals surface area contributed by atoms with Crippen LogP contribution in [0.3, 0.4) is 0 Å². The van der Waals surface area contributed by atoms with Crippen molar-refractivity contribution in [3.8, 4) is 40.3 Å². The van der Waals surface area contributed by atoms with Gasteiger partial charge in [-0.3, -0.25) is 0 Å². The van der Waals surface area contributed by atoms with Gasteiger partial charge in [-0.25, -0.2) is 4.39 Å². The minimum atomic E-state index is -0.414. The van der Waals surface area contributed by atoms with Gasteiger partial charge in [0.05, 0.1) is 39.3 Å². The lowest BCUT2D eigenvalue weighted by molar-refractivity contribution is 0.201. The van der Waals surface area contributed by atoms with Gasteiger partial charge in [-0.05, 0) is 49.9 Å². The molecular formula is C26H26FN5O4. The summed E-state index contributed by atoms with van der Waals surface area (Å²) in [5.74, 6) is 1.73. The van der Waals surface area contributed by atoms with Gasteiger partial charge in [0.15, 0.2) is 34.5 Å². The molecule has 1 fully saturated rings. The lowest BCUT2D eigenvalue weighted by Gasteiger charge is -2.16. The van der Waals surface area contributed by atoms with E-state index >= 15 is 0 Å². The number of benzene rings is 2. The van der Waals surface area contributed by atoms with Crippen molar-refractivity contribution in [2.75, 3.05) is 26.6 Å². The Morgan fingerprint density at radius 2 is 1.78 bits per heavy atom. The van der Waals surface area contributed by atoms with Gasteiger partial charge in [0.1, 0.15) is 11.6 Å². The Labute approximate surface area is 207 Å². The average Bonchev–Trinajstić information content (AvgIpc) is 3.63. The van der Waals surface area contributed by atoms with E-state index in [4.69, 9.17) is 18.9 Å². The number of fused-ring (bicyclic) bond motifs is 1. The van der Waals surface area contributed by atoms with Crippen LogP contribution in [0, 0.1) is 17.1 Å². The summed E-state index contributed by atoms with van der Waals surface area (Å²) < 4.78 is 38.6. The second-order valence-electron chi connectivity index (χ2n) is 8.49. The molecule has 2 aromatic carbocycles. The molecule has 0 atom stereocenters. The number of aromatic amines is 1. The van der Waals surface area contributed by atoms with Gasteiger partial charge in [-0.1, -0.05) is 0 Å². The lowest BCUT2D eigenvalue weighted by Crippen LogP contribution is -2.12. The van der Waals surface area contributed by atoms with E-state index in [1.54, 1.807) is 43.0 Å². The molecule has 0 spiro atoms. The molecule has 1 aliphatic rings. The van der Waals surface area contributed by atoms with Crippen LogP contribution < -0.4 is 24.3 Å². The predicted molar refractivity (Wildman–Crippen MR) is 132 cm³/mol. The van der Waals surface area contributed by atoms with Gasteiger partial charge >= 0.3 is 0 Å². The number of nitriles is 1. The van der Waals surface area contributed by atoms with Crippen molar-refractivity contribution >= 4 is 17.2 Å². The molecule has 0 saturated heterocycles. The third-order valence-corrected chi connectivity index (χ3v) is 6.32. The number of methoxy groups -OCH3 is 3. The minimum absolute atomic E-state index is 0.0211. The highest BCUT2D eigenvalue weighted by Gasteiger charge is 2.23. The van der Waals surface area contributed by atoms with E-state index < -0.39 is 5.82 Å². The number of anilines is 2. The highest BCUT2D eigenvalue weighted by molar-refractivity contribution is 5.83. The molecule has 4 aromatic rings. The smallest absolute Gasteiger partial charge is 0.203 e. The van der Waals surface area contributed by atoms with Crippen molar-refractivity contribution in [3.05, 3.63) is 47.9 Å².